The highest BCUT2D eigenvalue weighted by Crippen LogP contribution is 2.39. The minimum Gasteiger partial charge on any atom is -0.496 e. The van der Waals surface area contributed by atoms with E-state index in [1.54, 1.807) is 7.11 Å². The van der Waals surface area contributed by atoms with Crippen LogP contribution in [0.2, 0.25) is 0 Å². The number of nitrogens with zero attached hydrogens (tertiary/aromatic N) is 7. The van der Waals surface area contributed by atoms with Crippen LogP contribution < -0.4 is 9.47 Å². The van der Waals surface area contributed by atoms with Crippen LogP contribution in [0, 0.1) is 6.92 Å². The Kier molecular flexibility index (Phi) is 7.02. The van der Waals surface area contributed by atoms with E-state index in [2.05, 4.69) is 71.3 Å². The molecule has 37 heavy (non-hydrogen) atoms. The van der Waals surface area contributed by atoms with Crippen LogP contribution in [-0.4, -0.2) is 86.1 Å². The summed E-state index contributed by atoms with van der Waals surface area (Å²) in [5, 5.41) is 4.59. The van der Waals surface area contributed by atoms with Crippen molar-refractivity contribution in [1.29, 1.82) is 0 Å². The molecule has 1 saturated heterocycles. The van der Waals surface area contributed by atoms with Gasteiger partial charge in [-0.1, -0.05) is 0 Å². The molecule has 0 bridgehead atoms. The predicted octanol–water partition coefficient (Wildman–Crippen LogP) is 4.06. The maximum absolute atomic E-state index is 6.15. The van der Waals surface area contributed by atoms with E-state index in [9.17, 15) is 0 Å². The van der Waals surface area contributed by atoms with E-state index in [1.165, 1.54) is 5.56 Å². The maximum Gasteiger partial charge on any atom is 0.178 e. The molecular weight excluding hydrogens is 466 g/mol. The van der Waals surface area contributed by atoms with Gasteiger partial charge in [-0.05, 0) is 59.6 Å². The Morgan fingerprint density at radius 1 is 1.03 bits per heavy atom. The van der Waals surface area contributed by atoms with Gasteiger partial charge >= 0.3 is 0 Å². The summed E-state index contributed by atoms with van der Waals surface area (Å²) in [5.41, 5.74) is 3.26. The van der Waals surface area contributed by atoms with Crippen LogP contribution in [0.4, 0.5) is 0 Å². The number of hydrogen-bond donors (Lipinski definition) is 0. The highest BCUT2D eigenvalue weighted by Gasteiger charge is 2.27. The largest absolute Gasteiger partial charge is 0.496 e. The summed E-state index contributed by atoms with van der Waals surface area (Å²) in [6.07, 6.45) is 3.00. The molecule has 2 aliphatic rings. The number of fused-ring (bicyclic) bond motifs is 3. The summed E-state index contributed by atoms with van der Waals surface area (Å²) in [6, 6.07) is 4.45. The van der Waals surface area contributed by atoms with Gasteiger partial charge in [-0.2, -0.15) is 5.10 Å². The first-order valence-corrected chi connectivity index (χ1v) is 13.5. The number of methoxy groups -OCH3 is 1. The van der Waals surface area contributed by atoms with Crippen molar-refractivity contribution in [3.63, 3.8) is 0 Å². The second-order valence-electron chi connectivity index (χ2n) is 11.4. The summed E-state index contributed by atoms with van der Waals surface area (Å²) < 4.78 is 16.1. The molecular formula is C28H41N7O2. The van der Waals surface area contributed by atoms with E-state index in [1.807, 2.05) is 17.7 Å². The van der Waals surface area contributed by atoms with E-state index in [0.717, 1.165) is 85.9 Å². The first-order chi connectivity index (χ1) is 17.6. The molecule has 2 aliphatic heterocycles. The smallest absolute Gasteiger partial charge is 0.178 e. The van der Waals surface area contributed by atoms with Crippen molar-refractivity contribution >= 4 is 0 Å². The molecule has 4 heterocycles. The Balaban J connectivity index is 1.42. The van der Waals surface area contributed by atoms with E-state index in [-0.39, 0.29) is 11.6 Å². The first kappa shape index (κ1) is 25.7. The first-order valence-electron chi connectivity index (χ1n) is 13.5. The van der Waals surface area contributed by atoms with Gasteiger partial charge in [0, 0.05) is 56.6 Å². The number of rotatable bonds is 6. The van der Waals surface area contributed by atoms with E-state index < -0.39 is 0 Å². The zero-order valence-corrected chi connectivity index (χ0v) is 23.4. The second-order valence-corrected chi connectivity index (χ2v) is 11.4. The summed E-state index contributed by atoms with van der Waals surface area (Å²) >= 11 is 0. The molecule has 0 saturated carbocycles. The zero-order valence-electron chi connectivity index (χ0n) is 23.4. The van der Waals surface area contributed by atoms with Gasteiger partial charge in [0.2, 0.25) is 0 Å². The average molecular weight is 508 g/mol. The van der Waals surface area contributed by atoms with Crippen molar-refractivity contribution in [1.82, 2.24) is 34.1 Å². The van der Waals surface area contributed by atoms with Gasteiger partial charge in [0.25, 0.3) is 0 Å². The quantitative estimate of drug-likeness (QED) is 0.498. The van der Waals surface area contributed by atoms with Crippen LogP contribution in [0.15, 0.2) is 18.3 Å². The fourth-order valence-electron chi connectivity index (χ4n) is 5.33. The molecule has 0 aliphatic carbocycles. The Bertz CT molecular complexity index is 1250. The van der Waals surface area contributed by atoms with Gasteiger partial charge in [-0.15, -0.1) is 0 Å². The number of imidazole rings is 1. The topological polar surface area (TPSA) is 73.5 Å². The standard InChI is InChI=1S/C28H41N7O2/c1-19(2)35-27(29-20(3)31-35)23-18-33-14-15-37-25-17-24(36-7)21(16-22(25)26(33)30-23)8-9-32-10-12-34(13-11-32)28(4,5)6/h16-19H,8-15H2,1-7H3. The molecule has 200 valence electrons. The molecule has 3 aromatic rings. The molecule has 0 atom stereocenters. The minimum atomic E-state index is 0.203. The third-order valence-corrected chi connectivity index (χ3v) is 7.46. The van der Waals surface area contributed by atoms with Crippen LogP contribution in [0.25, 0.3) is 22.9 Å². The Morgan fingerprint density at radius 2 is 1.78 bits per heavy atom. The second kappa shape index (κ2) is 10.1. The lowest BCUT2D eigenvalue weighted by Crippen LogP contribution is -2.53. The van der Waals surface area contributed by atoms with Crippen molar-refractivity contribution in [2.24, 2.45) is 0 Å². The zero-order chi connectivity index (χ0) is 26.3. The number of aryl methyl sites for hydroxylation is 1. The van der Waals surface area contributed by atoms with Gasteiger partial charge in [0.1, 0.15) is 35.4 Å². The molecule has 0 N–H and O–H groups in total. The average Bonchev–Trinajstić information content (AvgIpc) is 3.42. The number of hydrogen-bond acceptors (Lipinski definition) is 7. The molecule has 0 unspecified atom stereocenters. The lowest BCUT2D eigenvalue weighted by Gasteiger charge is -2.42. The Hall–Kier alpha value is -2.91. The lowest BCUT2D eigenvalue weighted by atomic mass is 10.0. The number of benzene rings is 1. The lowest BCUT2D eigenvalue weighted by molar-refractivity contribution is 0.0628. The number of ether oxygens (including phenoxy) is 2. The molecule has 0 radical (unpaired) electrons. The number of aromatic nitrogens is 5. The normalized spacial score (nSPS) is 16.9. The van der Waals surface area contributed by atoms with Gasteiger partial charge in [0.15, 0.2) is 5.82 Å². The van der Waals surface area contributed by atoms with Crippen molar-refractivity contribution in [2.75, 3.05) is 46.4 Å². The van der Waals surface area contributed by atoms with Gasteiger partial charge in [-0.25, -0.2) is 14.6 Å². The summed E-state index contributed by atoms with van der Waals surface area (Å²) in [4.78, 5) is 14.9. The van der Waals surface area contributed by atoms with Crippen molar-refractivity contribution < 1.29 is 9.47 Å². The fourth-order valence-corrected chi connectivity index (χ4v) is 5.33. The summed E-state index contributed by atoms with van der Waals surface area (Å²) in [6.45, 7) is 19.8. The fraction of sp³-hybridized carbons (Fsp3) is 0.607. The molecule has 0 amide bonds. The Morgan fingerprint density at radius 3 is 2.46 bits per heavy atom. The molecule has 0 spiro atoms. The van der Waals surface area contributed by atoms with Gasteiger partial charge in [-0.3, -0.25) is 4.90 Å². The molecule has 9 heteroatoms. The van der Waals surface area contributed by atoms with Crippen LogP contribution in [0.3, 0.4) is 0 Å². The van der Waals surface area contributed by atoms with Crippen LogP contribution >= 0.6 is 0 Å². The Labute approximate surface area is 220 Å². The third-order valence-electron chi connectivity index (χ3n) is 7.46. The van der Waals surface area contributed by atoms with Crippen molar-refractivity contribution in [2.45, 2.75) is 66.1 Å². The third kappa shape index (κ3) is 5.25. The van der Waals surface area contributed by atoms with Gasteiger partial charge < -0.3 is 18.9 Å². The molecule has 1 aromatic carbocycles. The minimum absolute atomic E-state index is 0.203. The molecule has 9 nitrogen and oxygen atoms in total. The van der Waals surface area contributed by atoms with Gasteiger partial charge in [0.05, 0.1) is 19.2 Å². The SMILES string of the molecule is COc1cc2c(cc1CCN1CCN(C(C)(C)C)CC1)-c1nc(-c3nc(C)nn3C(C)C)cn1CCO2. The van der Waals surface area contributed by atoms with E-state index >= 15 is 0 Å². The molecule has 1 fully saturated rings. The molecule has 5 rings (SSSR count). The van der Waals surface area contributed by atoms with Crippen LogP contribution in [-0.2, 0) is 13.0 Å². The summed E-state index contributed by atoms with van der Waals surface area (Å²) in [5.74, 6) is 4.16. The predicted molar refractivity (Wildman–Crippen MR) is 145 cm³/mol. The summed E-state index contributed by atoms with van der Waals surface area (Å²) in [7, 11) is 1.74. The maximum atomic E-state index is 6.15. The highest BCUT2D eigenvalue weighted by atomic mass is 16.5. The van der Waals surface area contributed by atoms with Crippen molar-refractivity contribution in [3.8, 4) is 34.4 Å². The molecule has 2 aromatic heterocycles. The van der Waals surface area contributed by atoms with Crippen molar-refractivity contribution in [3.05, 3.63) is 29.7 Å². The van der Waals surface area contributed by atoms with Crippen LogP contribution in [0.5, 0.6) is 11.5 Å². The monoisotopic (exact) mass is 507 g/mol. The number of piperazine rings is 1. The van der Waals surface area contributed by atoms with E-state index in [4.69, 9.17) is 14.5 Å². The highest BCUT2D eigenvalue weighted by molar-refractivity contribution is 5.71. The van der Waals surface area contributed by atoms with Crippen LogP contribution in [0.1, 0.15) is 52.0 Å². The van der Waals surface area contributed by atoms with E-state index in [0.29, 0.717) is 6.61 Å².